The van der Waals surface area contributed by atoms with Crippen LogP contribution in [0.25, 0.3) is 0 Å². The van der Waals surface area contributed by atoms with E-state index in [4.69, 9.17) is 0 Å². The highest BCUT2D eigenvalue weighted by Gasteiger charge is 2.20. The van der Waals surface area contributed by atoms with Crippen LogP contribution in [0, 0.1) is 5.92 Å². The summed E-state index contributed by atoms with van der Waals surface area (Å²) in [4.78, 5) is 14.6. The Morgan fingerprint density at radius 1 is 0.821 bits per heavy atom. The number of amides is 2. The lowest BCUT2D eigenvalue weighted by Gasteiger charge is -2.26. The quantitative estimate of drug-likeness (QED) is 0.630. The van der Waals surface area contributed by atoms with Crippen LogP contribution < -0.4 is 15.8 Å². The Bertz CT molecular complexity index is 872. The molecule has 4 rings (SSSR count). The van der Waals surface area contributed by atoms with Crippen molar-refractivity contribution < 1.29 is 4.79 Å². The lowest BCUT2D eigenvalue weighted by Crippen LogP contribution is -2.47. The molecule has 0 fully saturated rings. The molecule has 1 unspecified atom stereocenters. The fourth-order valence-electron chi connectivity index (χ4n) is 3.81. The van der Waals surface area contributed by atoms with Crippen LogP contribution in [0.1, 0.15) is 17.5 Å². The topological polar surface area (TPSA) is 44.4 Å². The highest BCUT2D eigenvalue weighted by molar-refractivity contribution is 5.99. The van der Waals surface area contributed by atoms with Crippen LogP contribution >= 0.6 is 0 Å². The maximum Gasteiger partial charge on any atom is 0.340 e. The smallest absolute Gasteiger partial charge is 0.273 e. The standard InChI is InChI=1S/C24H25N3O/c28-24(26-25-18-19-15-16-20-9-7-8-10-21(20)17-19)27(22-11-3-1-4-12-22)23-13-5-2-6-14-23/h1-14,19,25H,15-18H2,(H,26,28). The number of rotatable bonds is 5. The summed E-state index contributed by atoms with van der Waals surface area (Å²) in [5.74, 6) is 0.525. The third-order valence-electron chi connectivity index (χ3n) is 5.27. The Hall–Kier alpha value is -3.11. The molecule has 2 amide bonds. The summed E-state index contributed by atoms with van der Waals surface area (Å²) in [6, 6.07) is 27.8. The Morgan fingerprint density at radius 2 is 1.39 bits per heavy atom. The van der Waals surface area contributed by atoms with Crippen molar-refractivity contribution in [1.82, 2.24) is 10.9 Å². The molecular weight excluding hydrogens is 346 g/mol. The van der Waals surface area contributed by atoms with Gasteiger partial charge in [-0.1, -0.05) is 60.7 Å². The van der Waals surface area contributed by atoms with Gasteiger partial charge in [-0.05, 0) is 60.6 Å². The molecule has 0 aromatic heterocycles. The molecule has 1 aliphatic carbocycles. The molecule has 28 heavy (non-hydrogen) atoms. The van der Waals surface area contributed by atoms with Crippen LogP contribution in [0.3, 0.4) is 0 Å². The van der Waals surface area contributed by atoms with Crippen LogP contribution in [-0.4, -0.2) is 12.6 Å². The van der Waals surface area contributed by atoms with E-state index in [2.05, 4.69) is 35.1 Å². The second-order valence-corrected chi connectivity index (χ2v) is 7.20. The number of benzene rings is 3. The van der Waals surface area contributed by atoms with Gasteiger partial charge in [0.05, 0.1) is 11.4 Å². The number of hydrogen-bond donors (Lipinski definition) is 2. The molecule has 2 N–H and O–H groups in total. The summed E-state index contributed by atoms with van der Waals surface area (Å²) in [7, 11) is 0. The molecule has 0 saturated carbocycles. The molecule has 0 spiro atoms. The van der Waals surface area contributed by atoms with Crippen molar-refractivity contribution in [3.63, 3.8) is 0 Å². The van der Waals surface area contributed by atoms with E-state index in [1.165, 1.54) is 11.1 Å². The second kappa shape index (κ2) is 8.72. The summed E-state index contributed by atoms with van der Waals surface area (Å²) in [6.45, 7) is 0.761. The monoisotopic (exact) mass is 371 g/mol. The number of anilines is 2. The molecule has 4 nitrogen and oxygen atoms in total. The zero-order valence-corrected chi connectivity index (χ0v) is 15.8. The molecule has 3 aromatic carbocycles. The molecule has 0 heterocycles. The third kappa shape index (κ3) is 4.24. The highest BCUT2D eigenvalue weighted by atomic mass is 16.2. The number of nitrogens with one attached hydrogen (secondary N) is 2. The molecule has 0 bridgehead atoms. The molecule has 0 saturated heterocycles. The predicted octanol–water partition coefficient (Wildman–Crippen LogP) is 4.84. The number of hydrazine groups is 1. The largest absolute Gasteiger partial charge is 0.340 e. The van der Waals surface area contributed by atoms with Crippen molar-refractivity contribution >= 4 is 17.4 Å². The average Bonchev–Trinajstić information content (AvgIpc) is 2.75. The van der Waals surface area contributed by atoms with Crippen molar-refractivity contribution in [2.24, 2.45) is 5.92 Å². The summed E-state index contributed by atoms with van der Waals surface area (Å²) in [5.41, 5.74) is 10.6. The van der Waals surface area contributed by atoms with Crippen LogP contribution in [0.15, 0.2) is 84.9 Å². The van der Waals surface area contributed by atoms with Gasteiger partial charge in [0.1, 0.15) is 0 Å². The number of carbonyl (C=O) groups is 1. The van der Waals surface area contributed by atoms with E-state index in [0.717, 1.165) is 37.2 Å². The number of nitrogens with zero attached hydrogens (tertiary/aromatic N) is 1. The van der Waals surface area contributed by atoms with E-state index >= 15 is 0 Å². The Morgan fingerprint density at radius 3 is 2.04 bits per heavy atom. The summed E-state index contributed by atoms with van der Waals surface area (Å²) >= 11 is 0. The van der Waals surface area contributed by atoms with E-state index in [0.29, 0.717) is 5.92 Å². The molecule has 142 valence electrons. The van der Waals surface area contributed by atoms with Crippen LogP contribution in [0.4, 0.5) is 16.2 Å². The zero-order valence-electron chi connectivity index (χ0n) is 15.8. The molecule has 0 aliphatic heterocycles. The minimum absolute atomic E-state index is 0.186. The van der Waals surface area contributed by atoms with Crippen LogP contribution in [-0.2, 0) is 12.8 Å². The average molecular weight is 371 g/mol. The van der Waals surface area contributed by atoms with E-state index < -0.39 is 0 Å². The van der Waals surface area contributed by atoms with E-state index in [1.807, 2.05) is 60.7 Å². The van der Waals surface area contributed by atoms with Crippen molar-refractivity contribution in [3.8, 4) is 0 Å². The number of fused-ring (bicyclic) bond motifs is 1. The van der Waals surface area contributed by atoms with Gasteiger partial charge in [-0.15, -0.1) is 0 Å². The number of para-hydroxylation sites is 2. The lowest BCUT2D eigenvalue weighted by atomic mass is 9.84. The second-order valence-electron chi connectivity index (χ2n) is 7.20. The Kier molecular flexibility index (Phi) is 5.69. The summed E-state index contributed by atoms with van der Waals surface area (Å²) in [6.07, 6.45) is 3.30. The highest BCUT2D eigenvalue weighted by Crippen LogP contribution is 2.26. The number of hydrogen-bond acceptors (Lipinski definition) is 2. The fourth-order valence-corrected chi connectivity index (χ4v) is 3.81. The number of carbonyl (C=O) groups excluding carboxylic acids is 1. The van der Waals surface area contributed by atoms with Gasteiger partial charge in [-0.2, -0.15) is 0 Å². The normalized spacial score (nSPS) is 15.5. The van der Waals surface area contributed by atoms with Crippen molar-refractivity contribution in [3.05, 3.63) is 96.1 Å². The minimum Gasteiger partial charge on any atom is -0.273 e. The summed E-state index contributed by atoms with van der Waals surface area (Å²) in [5, 5.41) is 0. The summed E-state index contributed by atoms with van der Waals surface area (Å²) < 4.78 is 0. The molecule has 1 atom stereocenters. The van der Waals surface area contributed by atoms with Crippen molar-refractivity contribution in [2.75, 3.05) is 11.4 Å². The zero-order chi connectivity index (χ0) is 19.2. The molecular formula is C24H25N3O. The fraction of sp³-hybridized carbons (Fsp3) is 0.208. The maximum absolute atomic E-state index is 12.9. The van der Waals surface area contributed by atoms with Crippen LogP contribution in [0.5, 0.6) is 0 Å². The van der Waals surface area contributed by atoms with Gasteiger partial charge in [0.25, 0.3) is 0 Å². The van der Waals surface area contributed by atoms with Crippen LogP contribution in [0.2, 0.25) is 0 Å². The first kappa shape index (κ1) is 18.3. The lowest BCUT2D eigenvalue weighted by molar-refractivity contribution is 0.242. The van der Waals surface area contributed by atoms with Gasteiger partial charge in [0, 0.05) is 6.54 Å². The molecule has 4 heteroatoms. The molecule has 3 aromatic rings. The van der Waals surface area contributed by atoms with E-state index in [-0.39, 0.29) is 6.03 Å². The Labute approximate surface area is 166 Å². The van der Waals surface area contributed by atoms with Gasteiger partial charge >= 0.3 is 6.03 Å². The molecule has 1 aliphatic rings. The Balaban J connectivity index is 1.39. The maximum atomic E-state index is 12.9. The number of urea groups is 1. The van der Waals surface area contributed by atoms with Gasteiger partial charge in [-0.25, -0.2) is 10.2 Å². The third-order valence-corrected chi connectivity index (χ3v) is 5.27. The van der Waals surface area contributed by atoms with Crippen molar-refractivity contribution in [2.45, 2.75) is 19.3 Å². The predicted molar refractivity (Wildman–Crippen MR) is 114 cm³/mol. The molecule has 0 radical (unpaired) electrons. The minimum atomic E-state index is -0.186. The SMILES string of the molecule is O=C(NNCC1CCc2ccccc2C1)N(c1ccccc1)c1ccccc1. The number of aryl methyl sites for hydroxylation is 1. The van der Waals surface area contributed by atoms with E-state index in [1.54, 1.807) is 4.90 Å². The van der Waals surface area contributed by atoms with Gasteiger partial charge in [0.2, 0.25) is 0 Å². The first-order chi connectivity index (χ1) is 13.8. The van der Waals surface area contributed by atoms with E-state index in [9.17, 15) is 4.79 Å². The van der Waals surface area contributed by atoms with Crippen molar-refractivity contribution in [1.29, 1.82) is 0 Å². The first-order valence-corrected chi connectivity index (χ1v) is 9.81. The first-order valence-electron chi connectivity index (χ1n) is 9.81. The van der Waals surface area contributed by atoms with Gasteiger partial charge in [-0.3, -0.25) is 10.3 Å². The van der Waals surface area contributed by atoms with Gasteiger partial charge in [0.15, 0.2) is 0 Å². The van der Waals surface area contributed by atoms with Gasteiger partial charge < -0.3 is 0 Å².